The van der Waals surface area contributed by atoms with Gasteiger partial charge in [0.05, 0.1) is 0 Å². The van der Waals surface area contributed by atoms with Gasteiger partial charge in [-0.3, -0.25) is 0 Å². The van der Waals surface area contributed by atoms with Crippen molar-refractivity contribution in [3.8, 4) is 0 Å². The highest BCUT2D eigenvalue weighted by atomic mass is 16.3. The van der Waals surface area contributed by atoms with Crippen molar-refractivity contribution in [2.45, 2.75) is 0 Å². The average molecular weight is 109 g/mol. The van der Waals surface area contributed by atoms with E-state index in [1.165, 1.54) is 18.7 Å². The second kappa shape index (κ2) is 2.37. The second-order valence-electron chi connectivity index (χ2n) is 1.30. The molecule has 3 nitrogen and oxygen atoms in total. The summed E-state index contributed by atoms with van der Waals surface area (Å²) >= 11 is 0. The van der Waals surface area contributed by atoms with Crippen molar-refractivity contribution in [3.05, 3.63) is 30.9 Å². The Morgan fingerprint density at radius 3 is 2.38 bits per heavy atom. The summed E-state index contributed by atoms with van der Waals surface area (Å²) in [4.78, 5) is 7.31. The highest BCUT2D eigenvalue weighted by Gasteiger charge is 1.84. The number of aliphatic hydroxyl groups is 1. The topological polar surface area (TPSA) is 46.0 Å². The second-order valence-corrected chi connectivity index (χ2v) is 1.30. The molecule has 0 unspecified atom stereocenters. The Morgan fingerprint density at radius 2 is 2.00 bits per heavy atom. The summed E-state index contributed by atoms with van der Waals surface area (Å²) in [5, 5.41) is 8.33. The molecule has 0 atom stereocenters. The summed E-state index contributed by atoms with van der Waals surface area (Å²) in [5.41, 5.74) is 0.618. The van der Waals surface area contributed by atoms with Gasteiger partial charge in [-0.2, -0.15) is 0 Å². The van der Waals surface area contributed by atoms with E-state index < -0.39 is 0 Å². The highest BCUT2D eigenvalue weighted by Crippen LogP contribution is 1.91. The van der Waals surface area contributed by atoms with Gasteiger partial charge in [-0.05, 0) is 0 Å². The Balaban J connectivity index is 2.83. The normalized spacial score (nSPS) is 9.12. The van der Waals surface area contributed by atoms with Crippen molar-refractivity contribution in [2.24, 2.45) is 0 Å². The molecule has 41 valence electrons. The Morgan fingerprint density at radius 1 is 1.38 bits per heavy atom. The maximum atomic E-state index is 8.33. The van der Waals surface area contributed by atoms with Crippen molar-refractivity contribution in [3.63, 3.8) is 0 Å². The number of rotatable bonds is 1. The molecule has 1 radical (unpaired) electrons. The van der Waals surface area contributed by atoms with Crippen molar-refractivity contribution in [1.82, 2.24) is 9.97 Å². The molecule has 0 saturated carbocycles. The van der Waals surface area contributed by atoms with E-state index in [1.54, 1.807) is 0 Å². The number of nitrogens with zero attached hydrogens (tertiary/aromatic N) is 2. The molecule has 0 fully saturated rings. The van der Waals surface area contributed by atoms with Crippen LogP contribution in [-0.4, -0.2) is 15.1 Å². The molecule has 1 N–H and O–H groups in total. The van der Waals surface area contributed by atoms with Gasteiger partial charge in [0.1, 0.15) is 12.9 Å². The number of hydrogen-bond donors (Lipinski definition) is 1. The fourth-order valence-electron chi connectivity index (χ4n) is 0.377. The van der Waals surface area contributed by atoms with Crippen molar-refractivity contribution in [2.75, 3.05) is 0 Å². The summed E-state index contributed by atoms with van der Waals surface area (Å²) in [7, 11) is 0. The van der Waals surface area contributed by atoms with Gasteiger partial charge in [-0.1, -0.05) is 0 Å². The quantitative estimate of drug-likeness (QED) is 0.566. The molecule has 0 spiro atoms. The van der Waals surface area contributed by atoms with Crippen LogP contribution in [0.25, 0.3) is 0 Å². The number of aliphatic hydroxyl groups excluding tert-OH is 1. The molecule has 0 amide bonds. The smallest absolute Gasteiger partial charge is 0.115 e. The number of hydrogen-bond acceptors (Lipinski definition) is 3. The SMILES string of the molecule is O[CH]c1cncnc1. The van der Waals surface area contributed by atoms with E-state index in [-0.39, 0.29) is 0 Å². The third-order valence-electron chi connectivity index (χ3n) is 0.730. The predicted octanol–water partition coefficient (Wildman–Crippen LogP) is 0.359. The van der Waals surface area contributed by atoms with Crippen molar-refractivity contribution < 1.29 is 5.11 Å². The van der Waals surface area contributed by atoms with Crippen LogP contribution in [0.15, 0.2) is 18.7 Å². The third kappa shape index (κ3) is 1.01. The lowest BCUT2D eigenvalue weighted by Crippen LogP contribution is -1.82. The summed E-state index contributed by atoms with van der Waals surface area (Å²) in [6, 6.07) is 0. The van der Waals surface area contributed by atoms with Gasteiger partial charge in [0.2, 0.25) is 0 Å². The fraction of sp³-hybridized carbons (Fsp3) is 0. The van der Waals surface area contributed by atoms with Crippen molar-refractivity contribution >= 4 is 0 Å². The zero-order valence-electron chi connectivity index (χ0n) is 4.15. The molecule has 0 aliphatic carbocycles. The van der Waals surface area contributed by atoms with E-state index >= 15 is 0 Å². The van der Waals surface area contributed by atoms with Gasteiger partial charge < -0.3 is 5.11 Å². The molecule has 1 rings (SSSR count). The Labute approximate surface area is 47.0 Å². The minimum absolute atomic E-state index is 0.618. The zero-order chi connectivity index (χ0) is 5.82. The van der Waals surface area contributed by atoms with Crippen LogP contribution in [0.5, 0.6) is 0 Å². The molecule has 0 bridgehead atoms. The summed E-state index contributed by atoms with van der Waals surface area (Å²) in [5.74, 6) is 0. The third-order valence-corrected chi connectivity index (χ3v) is 0.730. The molecule has 0 aliphatic rings. The molecular weight excluding hydrogens is 104 g/mol. The Hall–Kier alpha value is -0.960. The van der Waals surface area contributed by atoms with E-state index in [0.717, 1.165) is 6.61 Å². The largest absolute Gasteiger partial charge is 0.385 e. The van der Waals surface area contributed by atoms with Crippen LogP contribution >= 0.6 is 0 Å². The van der Waals surface area contributed by atoms with Crippen LogP contribution in [0.4, 0.5) is 0 Å². The molecule has 1 aromatic heterocycles. The van der Waals surface area contributed by atoms with Crippen LogP contribution in [-0.2, 0) is 0 Å². The molecule has 1 heterocycles. The number of aromatic nitrogens is 2. The first-order valence-corrected chi connectivity index (χ1v) is 2.16. The van der Waals surface area contributed by atoms with E-state index in [1.807, 2.05) is 0 Å². The lowest BCUT2D eigenvalue weighted by Gasteiger charge is -1.86. The van der Waals surface area contributed by atoms with E-state index in [2.05, 4.69) is 9.97 Å². The summed E-state index contributed by atoms with van der Waals surface area (Å²) in [6.07, 6.45) is 4.45. The van der Waals surface area contributed by atoms with Gasteiger partial charge in [0.15, 0.2) is 0 Å². The average Bonchev–Trinajstić information content (AvgIpc) is 1.90. The Kier molecular flexibility index (Phi) is 1.54. The Bertz CT molecular complexity index is 152. The van der Waals surface area contributed by atoms with Gasteiger partial charge in [0, 0.05) is 18.0 Å². The predicted molar refractivity (Wildman–Crippen MR) is 27.4 cm³/mol. The first-order valence-electron chi connectivity index (χ1n) is 2.16. The first kappa shape index (κ1) is 5.18. The minimum Gasteiger partial charge on any atom is -0.385 e. The molecule has 0 saturated heterocycles. The van der Waals surface area contributed by atoms with Crippen LogP contribution in [0.2, 0.25) is 0 Å². The molecule has 0 aliphatic heterocycles. The van der Waals surface area contributed by atoms with Gasteiger partial charge in [-0.15, -0.1) is 0 Å². The molecule has 8 heavy (non-hydrogen) atoms. The van der Waals surface area contributed by atoms with Crippen molar-refractivity contribution in [1.29, 1.82) is 0 Å². The standard InChI is InChI=1S/C5H5N2O/c8-3-5-1-6-4-7-2-5/h1-4,8H. The lowest BCUT2D eigenvalue weighted by molar-refractivity contribution is 0.414. The highest BCUT2D eigenvalue weighted by molar-refractivity contribution is 5.08. The van der Waals surface area contributed by atoms with Crippen LogP contribution in [0, 0.1) is 6.61 Å². The van der Waals surface area contributed by atoms with Gasteiger partial charge >= 0.3 is 0 Å². The monoisotopic (exact) mass is 109 g/mol. The molecule has 1 aromatic rings. The van der Waals surface area contributed by atoms with Crippen LogP contribution in [0.1, 0.15) is 5.56 Å². The molecule has 0 aromatic carbocycles. The maximum absolute atomic E-state index is 8.33. The van der Waals surface area contributed by atoms with E-state index in [9.17, 15) is 0 Å². The van der Waals surface area contributed by atoms with E-state index in [4.69, 9.17) is 5.11 Å². The zero-order valence-corrected chi connectivity index (χ0v) is 4.15. The summed E-state index contributed by atoms with van der Waals surface area (Å²) < 4.78 is 0. The molecule has 3 heteroatoms. The minimum atomic E-state index is 0.618. The fourth-order valence-corrected chi connectivity index (χ4v) is 0.377. The van der Waals surface area contributed by atoms with Gasteiger partial charge in [0.25, 0.3) is 0 Å². The summed E-state index contributed by atoms with van der Waals surface area (Å²) in [6.45, 7) is 0.958. The van der Waals surface area contributed by atoms with Crippen LogP contribution in [0.3, 0.4) is 0 Å². The van der Waals surface area contributed by atoms with Crippen LogP contribution < -0.4 is 0 Å². The van der Waals surface area contributed by atoms with Gasteiger partial charge in [-0.25, -0.2) is 9.97 Å². The first-order chi connectivity index (χ1) is 3.93. The van der Waals surface area contributed by atoms with E-state index in [0.29, 0.717) is 5.56 Å². The molecular formula is C5H5N2O. The lowest BCUT2D eigenvalue weighted by atomic mass is 10.4. The maximum Gasteiger partial charge on any atom is 0.115 e.